The molecule has 1 aromatic heterocycles. The first kappa shape index (κ1) is 14.5. The van der Waals surface area contributed by atoms with Gasteiger partial charge in [0, 0.05) is 10.9 Å². The molecule has 1 fully saturated rings. The van der Waals surface area contributed by atoms with Crippen molar-refractivity contribution in [3.05, 3.63) is 45.4 Å². The predicted octanol–water partition coefficient (Wildman–Crippen LogP) is 4.52. The summed E-state index contributed by atoms with van der Waals surface area (Å²) in [5.41, 5.74) is 0.983. The normalized spacial score (nSPS) is 16.6. The minimum Gasteiger partial charge on any atom is -0.250 e. The van der Waals surface area contributed by atoms with Crippen LogP contribution in [-0.4, -0.2) is 21.1 Å². The van der Waals surface area contributed by atoms with Gasteiger partial charge in [0.1, 0.15) is 0 Å². The number of aromatic nitrogens is 3. The lowest BCUT2D eigenvalue weighted by atomic mass is 9.89. The highest BCUT2D eigenvalue weighted by Crippen LogP contribution is 2.31. The predicted molar refractivity (Wildman–Crippen MR) is 87.7 cm³/mol. The van der Waals surface area contributed by atoms with E-state index < -0.39 is 0 Å². The van der Waals surface area contributed by atoms with Crippen molar-refractivity contribution in [3.63, 3.8) is 0 Å². The van der Waals surface area contributed by atoms with Gasteiger partial charge in [0.25, 0.3) is 0 Å². The summed E-state index contributed by atoms with van der Waals surface area (Å²) in [5.74, 6) is 1.40. The molecule has 0 radical (unpaired) electrons. The van der Waals surface area contributed by atoms with Crippen molar-refractivity contribution in [2.75, 3.05) is 0 Å². The Morgan fingerprint density at radius 2 is 1.95 bits per heavy atom. The molecule has 2 aromatic rings. The number of hydrogen-bond donors (Lipinski definition) is 1. The largest absolute Gasteiger partial charge is 0.250 e. The number of hydrogen-bond acceptors (Lipinski definition) is 3. The van der Waals surface area contributed by atoms with Crippen LogP contribution in [0.15, 0.2) is 29.4 Å². The molecule has 1 N–H and O–H groups in total. The Morgan fingerprint density at radius 1 is 1.24 bits per heavy atom. The summed E-state index contributed by atoms with van der Waals surface area (Å²) in [6.07, 6.45) is 7.94. The van der Waals surface area contributed by atoms with Crippen LogP contribution >= 0.6 is 23.8 Å². The topological polar surface area (TPSA) is 46.0 Å². The monoisotopic (exact) mass is 320 g/mol. The number of benzene rings is 1. The highest BCUT2D eigenvalue weighted by molar-refractivity contribution is 7.71. The molecule has 0 unspecified atom stereocenters. The van der Waals surface area contributed by atoms with Gasteiger partial charge in [-0.15, -0.1) is 0 Å². The van der Waals surface area contributed by atoms with Crippen LogP contribution in [0, 0.1) is 4.77 Å². The van der Waals surface area contributed by atoms with Crippen LogP contribution in [0.25, 0.3) is 0 Å². The Kier molecular flexibility index (Phi) is 4.51. The van der Waals surface area contributed by atoms with Gasteiger partial charge >= 0.3 is 0 Å². The van der Waals surface area contributed by atoms with Crippen molar-refractivity contribution in [2.45, 2.75) is 38.0 Å². The average Bonchev–Trinajstić information content (AvgIpc) is 2.89. The molecule has 110 valence electrons. The standard InChI is InChI=1S/C15H17ClN4S/c16-13-8-6-11(7-9-13)10-17-20-14(18-19-15(20)21)12-4-2-1-3-5-12/h6-10,12H,1-5H2,(H,19,21). The molecule has 0 saturated heterocycles. The smallest absolute Gasteiger partial charge is 0.216 e. The van der Waals surface area contributed by atoms with Gasteiger partial charge in [-0.05, 0) is 42.8 Å². The van der Waals surface area contributed by atoms with Crippen molar-refractivity contribution in [1.29, 1.82) is 0 Å². The van der Waals surface area contributed by atoms with Crippen LogP contribution in [0.4, 0.5) is 0 Å². The summed E-state index contributed by atoms with van der Waals surface area (Å²) in [5, 5.41) is 12.4. The summed E-state index contributed by atoms with van der Waals surface area (Å²) in [4.78, 5) is 0. The molecule has 1 aromatic carbocycles. The van der Waals surface area contributed by atoms with Crippen LogP contribution in [0.5, 0.6) is 0 Å². The van der Waals surface area contributed by atoms with E-state index in [9.17, 15) is 0 Å². The van der Waals surface area contributed by atoms with Crippen molar-refractivity contribution in [1.82, 2.24) is 14.9 Å². The fourth-order valence-electron chi connectivity index (χ4n) is 2.71. The first-order valence-electron chi connectivity index (χ1n) is 7.21. The van der Waals surface area contributed by atoms with Gasteiger partial charge in [0.2, 0.25) is 4.77 Å². The fourth-order valence-corrected chi connectivity index (χ4v) is 3.03. The lowest BCUT2D eigenvalue weighted by Crippen LogP contribution is -2.10. The number of halogens is 1. The maximum atomic E-state index is 5.88. The summed E-state index contributed by atoms with van der Waals surface area (Å²) in [6.45, 7) is 0. The summed E-state index contributed by atoms with van der Waals surface area (Å²) in [6, 6.07) is 7.55. The van der Waals surface area contributed by atoms with Gasteiger partial charge in [0.05, 0.1) is 6.21 Å². The first-order valence-corrected chi connectivity index (χ1v) is 8.00. The van der Waals surface area contributed by atoms with Crippen LogP contribution in [0.3, 0.4) is 0 Å². The SMILES string of the molecule is S=c1[nH]nc(C2CCCCC2)n1N=Cc1ccc(Cl)cc1. The molecule has 0 bridgehead atoms. The minimum atomic E-state index is 0.453. The molecule has 3 rings (SSSR count). The second kappa shape index (κ2) is 6.54. The van der Waals surface area contributed by atoms with Gasteiger partial charge in [-0.3, -0.25) is 5.10 Å². The zero-order chi connectivity index (χ0) is 14.7. The number of aromatic amines is 1. The van der Waals surface area contributed by atoms with Crippen molar-refractivity contribution in [3.8, 4) is 0 Å². The van der Waals surface area contributed by atoms with Crippen LogP contribution in [-0.2, 0) is 0 Å². The third kappa shape index (κ3) is 3.41. The van der Waals surface area contributed by atoms with Crippen LogP contribution < -0.4 is 0 Å². The molecule has 6 heteroatoms. The minimum absolute atomic E-state index is 0.453. The van der Waals surface area contributed by atoms with E-state index in [-0.39, 0.29) is 0 Å². The first-order chi connectivity index (χ1) is 10.2. The van der Waals surface area contributed by atoms with Crippen molar-refractivity contribution in [2.24, 2.45) is 5.10 Å². The second-order valence-electron chi connectivity index (χ2n) is 5.33. The summed E-state index contributed by atoms with van der Waals surface area (Å²) >= 11 is 11.2. The maximum Gasteiger partial charge on any atom is 0.216 e. The molecule has 1 aliphatic rings. The molecule has 0 spiro atoms. The zero-order valence-electron chi connectivity index (χ0n) is 11.6. The van der Waals surface area contributed by atoms with Gasteiger partial charge in [-0.25, -0.2) is 0 Å². The fraction of sp³-hybridized carbons (Fsp3) is 0.400. The zero-order valence-corrected chi connectivity index (χ0v) is 13.2. The van der Waals surface area contributed by atoms with E-state index >= 15 is 0 Å². The molecule has 0 amide bonds. The van der Waals surface area contributed by atoms with Crippen molar-refractivity contribution >= 4 is 30.0 Å². The van der Waals surface area contributed by atoms with Gasteiger partial charge < -0.3 is 0 Å². The Balaban J connectivity index is 1.86. The summed E-state index contributed by atoms with van der Waals surface area (Å²) < 4.78 is 2.29. The van der Waals surface area contributed by atoms with Crippen LogP contribution in [0.1, 0.15) is 49.4 Å². The third-order valence-electron chi connectivity index (χ3n) is 3.84. The van der Waals surface area contributed by atoms with Gasteiger partial charge in [0.15, 0.2) is 5.82 Å². The average molecular weight is 321 g/mol. The van der Waals surface area contributed by atoms with Crippen molar-refractivity contribution < 1.29 is 0 Å². The van der Waals surface area contributed by atoms with Gasteiger partial charge in [-0.2, -0.15) is 14.9 Å². The summed E-state index contributed by atoms with van der Waals surface area (Å²) in [7, 11) is 0. The lowest BCUT2D eigenvalue weighted by Gasteiger charge is -2.19. The van der Waals surface area contributed by atoms with E-state index in [0.717, 1.165) is 29.3 Å². The van der Waals surface area contributed by atoms with Gasteiger partial charge in [-0.1, -0.05) is 43.0 Å². The van der Waals surface area contributed by atoms with E-state index in [2.05, 4.69) is 15.3 Å². The molecule has 1 heterocycles. The number of H-pyrrole nitrogens is 1. The lowest BCUT2D eigenvalue weighted by molar-refractivity contribution is 0.419. The Hall–Kier alpha value is -1.46. The van der Waals surface area contributed by atoms with E-state index in [1.165, 1.54) is 19.3 Å². The number of rotatable bonds is 3. The second-order valence-corrected chi connectivity index (χ2v) is 6.15. The Morgan fingerprint density at radius 3 is 2.67 bits per heavy atom. The molecule has 1 saturated carbocycles. The number of nitrogens with one attached hydrogen (secondary N) is 1. The molecule has 4 nitrogen and oxygen atoms in total. The highest BCUT2D eigenvalue weighted by Gasteiger charge is 2.21. The quantitative estimate of drug-likeness (QED) is 0.667. The van der Waals surface area contributed by atoms with E-state index in [1.54, 1.807) is 10.9 Å². The Labute approximate surface area is 133 Å². The molecule has 0 aliphatic heterocycles. The maximum absolute atomic E-state index is 5.88. The third-order valence-corrected chi connectivity index (χ3v) is 4.35. The van der Waals surface area contributed by atoms with E-state index in [1.807, 2.05) is 24.3 Å². The molecule has 21 heavy (non-hydrogen) atoms. The number of nitrogens with zero attached hydrogens (tertiary/aromatic N) is 3. The van der Waals surface area contributed by atoms with Crippen LogP contribution in [0.2, 0.25) is 5.02 Å². The molecular formula is C15H17ClN4S. The Bertz CT molecular complexity index is 680. The molecule has 1 aliphatic carbocycles. The molecule has 0 atom stereocenters. The highest BCUT2D eigenvalue weighted by atomic mass is 35.5. The van der Waals surface area contributed by atoms with E-state index in [4.69, 9.17) is 23.8 Å². The molecular weight excluding hydrogens is 304 g/mol. The van der Waals surface area contributed by atoms with E-state index in [0.29, 0.717) is 10.7 Å².